The number of hydrogen-bond acceptors (Lipinski definition) is 3. The van der Waals surface area contributed by atoms with E-state index in [1.807, 2.05) is 0 Å². The largest absolute Gasteiger partial charge is 0.480 e. The summed E-state index contributed by atoms with van der Waals surface area (Å²) >= 11 is 0. The maximum absolute atomic E-state index is 10.8. The first-order valence-corrected chi connectivity index (χ1v) is 5.74. The summed E-state index contributed by atoms with van der Waals surface area (Å²) < 4.78 is 0. The Hall–Kier alpha value is -1.10. The second-order valence-corrected chi connectivity index (χ2v) is 4.48. The van der Waals surface area contributed by atoms with Crippen molar-refractivity contribution in [2.75, 3.05) is 6.54 Å². The summed E-state index contributed by atoms with van der Waals surface area (Å²) in [4.78, 5) is 21.6. The first kappa shape index (κ1) is 13.0. The molecule has 1 fully saturated rings. The van der Waals surface area contributed by atoms with Crippen molar-refractivity contribution in [3.63, 3.8) is 0 Å². The molecule has 5 nitrogen and oxygen atoms in total. The molecule has 0 spiro atoms. The highest BCUT2D eigenvalue weighted by Crippen LogP contribution is 2.29. The first-order valence-electron chi connectivity index (χ1n) is 5.74. The molecule has 0 saturated heterocycles. The Labute approximate surface area is 95.6 Å². The van der Waals surface area contributed by atoms with Gasteiger partial charge in [0.15, 0.2) is 0 Å². The Kier molecular flexibility index (Phi) is 4.73. The number of amides is 1. The Bertz CT molecular complexity index is 264. The lowest BCUT2D eigenvalue weighted by Crippen LogP contribution is -2.50. The molecule has 1 amide bonds. The van der Waals surface area contributed by atoms with Crippen molar-refractivity contribution in [2.24, 2.45) is 5.92 Å². The molecule has 0 bridgehead atoms. The molecule has 5 heteroatoms. The highest BCUT2D eigenvalue weighted by atomic mass is 16.4. The average molecular weight is 228 g/mol. The zero-order valence-electron chi connectivity index (χ0n) is 9.82. The third-order valence-electron chi connectivity index (χ3n) is 3.18. The van der Waals surface area contributed by atoms with E-state index in [4.69, 9.17) is 5.11 Å². The minimum absolute atomic E-state index is 0.284. The van der Waals surface area contributed by atoms with Crippen molar-refractivity contribution >= 4 is 11.9 Å². The fourth-order valence-electron chi connectivity index (χ4n) is 1.86. The lowest BCUT2D eigenvalue weighted by atomic mass is 9.80. The van der Waals surface area contributed by atoms with Crippen molar-refractivity contribution < 1.29 is 14.7 Å². The molecule has 1 saturated carbocycles. The smallest absolute Gasteiger partial charge is 0.327 e. The van der Waals surface area contributed by atoms with Gasteiger partial charge in [0.1, 0.15) is 6.04 Å². The van der Waals surface area contributed by atoms with Crippen LogP contribution in [0.5, 0.6) is 0 Å². The molecule has 1 rings (SSSR count). The Balaban J connectivity index is 2.30. The molecule has 16 heavy (non-hydrogen) atoms. The van der Waals surface area contributed by atoms with E-state index < -0.39 is 12.0 Å². The summed E-state index contributed by atoms with van der Waals surface area (Å²) in [7, 11) is 0. The molecular weight excluding hydrogens is 208 g/mol. The van der Waals surface area contributed by atoms with E-state index >= 15 is 0 Å². The van der Waals surface area contributed by atoms with Crippen LogP contribution in [0.3, 0.4) is 0 Å². The molecule has 0 aromatic rings. The molecule has 3 N–H and O–H groups in total. The van der Waals surface area contributed by atoms with Crippen LogP contribution in [0.25, 0.3) is 0 Å². The van der Waals surface area contributed by atoms with Crippen molar-refractivity contribution in [3.05, 3.63) is 0 Å². The Morgan fingerprint density at radius 2 is 2.06 bits per heavy atom. The standard InChI is InChI=1S/C11H20N2O3/c1-7(9-4-3-5-9)12-6-10(11(15)16)13-8(2)14/h7,9-10,12H,3-6H2,1-2H3,(H,13,14)(H,15,16). The number of nitrogens with one attached hydrogen (secondary N) is 2. The van der Waals surface area contributed by atoms with Gasteiger partial charge in [-0.2, -0.15) is 0 Å². The molecular formula is C11H20N2O3. The van der Waals surface area contributed by atoms with Crippen LogP contribution in [0.4, 0.5) is 0 Å². The lowest BCUT2D eigenvalue weighted by Gasteiger charge is -2.32. The SMILES string of the molecule is CC(=O)NC(CNC(C)C1CCC1)C(=O)O. The summed E-state index contributed by atoms with van der Waals surface area (Å²) in [5.41, 5.74) is 0. The van der Waals surface area contributed by atoms with Crippen LogP contribution < -0.4 is 10.6 Å². The Morgan fingerprint density at radius 3 is 2.44 bits per heavy atom. The van der Waals surface area contributed by atoms with Crippen molar-refractivity contribution in [2.45, 2.75) is 45.2 Å². The highest BCUT2D eigenvalue weighted by Gasteiger charge is 2.25. The van der Waals surface area contributed by atoms with Crippen molar-refractivity contribution in [3.8, 4) is 0 Å². The van der Waals surface area contributed by atoms with Crippen LogP contribution in [0.15, 0.2) is 0 Å². The monoisotopic (exact) mass is 228 g/mol. The minimum atomic E-state index is -0.997. The molecule has 0 heterocycles. The van der Waals surface area contributed by atoms with Gasteiger partial charge in [0.2, 0.25) is 5.91 Å². The van der Waals surface area contributed by atoms with Crippen LogP contribution in [0.2, 0.25) is 0 Å². The van der Waals surface area contributed by atoms with Crippen LogP contribution in [0, 0.1) is 5.92 Å². The molecule has 92 valence electrons. The molecule has 2 unspecified atom stereocenters. The summed E-state index contributed by atoms with van der Waals surface area (Å²) in [6.07, 6.45) is 3.70. The minimum Gasteiger partial charge on any atom is -0.480 e. The quantitative estimate of drug-likeness (QED) is 0.613. The highest BCUT2D eigenvalue weighted by molar-refractivity contribution is 5.82. The first-order chi connectivity index (χ1) is 7.50. The fraction of sp³-hybridized carbons (Fsp3) is 0.818. The normalized spacial score (nSPS) is 19.6. The van der Waals surface area contributed by atoms with Crippen molar-refractivity contribution in [1.82, 2.24) is 10.6 Å². The van der Waals surface area contributed by atoms with E-state index in [1.54, 1.807) is 0 Å². The zero-order valence-corrected chi connectivity index (χ0v) is 9.82. The molecule has 0 aromatic carbocycles. The maximum atomic E-state index is 10.8. The zero-order chi connectivity index (χ0) is 12.1. The van der Waals surface area contributed by atoms with Gasteiger partial charge in [0, 0.05) is 19.5 Å². The molecule has 2 atom stereocenters. The van der Waals surface area contributed by atoms with Gasteiger partial charge in [-0.05, 0) is 25.7 Å². The third-order valence-corrected chi connectivity index (χ3v) is 3.18. The fourth-order valence-corrected chi connectivity index (χ4v) is 1.86. The van der Waals surface area contributed by atoms with Gasteiger partial charge < -0.3 is 15.7 Å². The average Bonchev–Trinajstić information content (AvgIpc) is 2.08. The number of aliphatic carboxylic acids is 1. The molecule has 0 aromatic heterocycles. The van der Waals surface area contributed by atoms with E-state index in [1.165, 1.54) is 26.2 Å². The van der Waals surface area contributed by atoms with Gasteiger partial charge in [0.25, 0.3) is 0 Å². The second-order valence-electron chi connectivity index (χ2n) is 4.48. The second kappa shape index (κ2) is 5.84. The third kappa shape index (κ3) is 3.81. The van der Waals surface area contributed by atoms with Gasteiger partial charge in [-0.1, -0.05) is 6.42 Å². The Morgan fingerprint density at radius 1 is 1.44 bits per heavy atom. The molecule has 1 aliphatic rings. The van der Waals surface area contributed by atoms with Crippen LogP contribution in [0.1, 0.15) is 33.1 Å². The van der Waals surface area contributed by atoms with Crippen LogP contribution in [-0.4, -0.2) is 35.6 Å². The number of carbonyl (C=O) groups excluding carboxylic acids is 1. The summed E-state index contributed by atoms with van der Waals surface area (Å²) in [6.45, 7) is 3.67. The van der Waals surface area contributed by atoms with Gasteiger partial charge in [-0.3, -0.25) is 4.79 Å². The number of rotatable bonds is 6. The number of carbonyl (C=O) groups is 2. The maximum Gasteiger partial charge on any atom is 0.327 e. The topological polar surface area (TPSA) is 78.4 Å². The summed E-state index contributed by atoms with van der Waals surface area (Å²) in [6, 6.07) is -0.510. The molecule has 1 aliphatic carbocycles. The van der Waals surface area contributed by atoms with E-state index in [9.17, 15) is 9.59 Å². The predicted octanol–water partition coefficient (Wildman–Crippen LogP) is 0.354. The number of carboxylic acid groups (broad SMARTS) is 1. The summed E-state index contributed by atoms with van der Waals surface area (Å²) in [5, 5.41) is 14.5. The van der Waals surface area contributed by atoms with Gasteiger partial charge in [0.05, 0.1) is 0 Å². The molecule has 0 aliphatic heterocycles. The van der Waals surface area contributed by atoms with Crippen molar-refractivity contribution in [1.29, 1.82) is 0 Å². The predicted molar refractivity (Wildman–Crippen MR) is 60.0 cm³/mol. The van der Waals surface area contributed by atoms with E-state index in [2.05, 4.69) is 17.6 Å². The number of hydrogen-bond donors (Lipinski definition) is 3. The molecule has 0 radical (unpaired) electrons. The van der Waals surface area contributed by atoms with Gasteiger partial charge in [-0.25, -0.2) is 4.79 Å². The van der Waals surface area contributed by atoms with Crippen LogP contribution in [-0.2, 0) is 9.59 Å². The van der Waals surface area contributed by atoms with Gasteiger partial charge in [-0.15, -0.1) is 0 Å². The van der Waals surface area contributed by atoms with Crippen LogP contribution >= 0.6 is 0 Å². The summed E-state index contributed by atoms with van der Waals surface area (Å²) in [5.74, 6) is -0.652. The van der Waals surface area contributed by atoms with E-state index in [0.29, 0.717) is 12.0 Å². The van der Waals surface area contributed by atoms with E-state index in [0.717, 1.165) is 0 Å². The van der Waals surface area contributed by atoms with E-state index in [-0.39, 0.29) is 12.5 Å². The van der Waals surface area contributed by atoms with Gasteiger partial charge >= 0.3 is 5.97 Å². The lowest BCUT2D eigenvalue weighted by molar-refractivity contribution is -0.141. The number of carboxylic acids is 1.